The van der Waals surface area contributed by atoms with Crippen molar-refractivity contribution in [2.24, 2.45) is 0 Å². The molecule has 1 saturated heterocycles. The van der Waals surface area contributed by atoms with Crippen molar-refractivity contribution in [3.05, 3.63) is 71.8 Å². The van der Waals surface area contributed by atoms with E-state index in [2.05, 4.69) is 10.8 Å². The van der Waals surface area contributed by atoms with Crippen LogP contribution in [0.5, 0.6) is 5.75 Å². The van der Waals surface area contributed by atoms with Crippen molar-refractivity contribution in [2.45, 2.75) is 30.8 Å². The molecule has 2 atom stereocenters. The van der Waals surface area contributed by atoms with Gasteiger partial charge in [-0.3, -0.25) is 4.79 Å². The van der Waals surface area contributed by atoms with E-state index in [0.29, 0.717) is 19.3 Å². The summed E-state index contributed by atoms with van der Waals surface area (Å²) in [4.78, 5) is 12.0. The van der Waals surface area contributed by atoms with Crippen LogP contribution in [0.1, 0.15) is 36.4 Å². The van der Waals surface area contributed by atoms with Crippen molar-refractivity contribution >= 4 is 12.0 Å². The number of amides is 1. The third-order valence-electron chi connectivity index (χ3n) is 4.93. The summed E-state index contributed by atoms with van der Waals surface area (Å²) in [5.41, 5.74) is 3.78. The summed E-state index contributed by atoms with van der Waals surface area (Å²) in [5, 5.41) is 13.0. The molecule has 1 heterocycles. The number of hydroxylamine groups is 1. The number of benzene rings is 2. The average Bonchev–Trinajstić information content (AvgIpc) is 2.70. The minimum atomic E-state index is -0.659. The van der Waals surface area contributed by atoms with Crippen LogP contribution in [0.15, 0.2) is 60.7 Å². The minimum absolute atomic E-state index is 0.00145. The van der Waals surface area contributed by atoms with Crippen molar-refractivity contribution in [1.82, 2.24) is 10.8 Å². The van der Waals surface area contributed by atoms with Gasteiger partial charge >= 0.3 is 0 Å². The standard InChI is InChI=1S/C21H24N2O3/c1-26-18-12-6-5-8-16(18)11-7-14-21(23-25)15-13-19(24)22-20(21)17-9-3-2-4-10-17/h2-12,20,23,25H,13-15H2,1H3,(H,22,24)/b11-7+/t20-,21-/m0/s1. The van der Waals surface area contributed by atoms with E-state index in [4.69, 9.17) is 4.74 Å². The molecule has 1 aliphatic rings. The maximum absolute atomic E-state index is 12.0. The smallest absolute Gasteiger partial charge is 0.220 e. The fraction of sp³-hybridized carbons (Fsp3) is 0.286. The van der Waals surface area contributed by atoms with Gasteiger partial charge in [0.25, 0.3) is 0 Å². The number of ether oxygens (including phenoxy) is 1. The van der Waals surface area contributed by atoms with Crippen LogP contribution in [-0.2, 0) is 4.79 Å². The quantitative estimate of drug-likeness (QED) is 0.696. The highest BCUT2D eigenvalue weighted by atomic mass is 16.5. The second-order valence-electron chi connectivity index (χ2n) is 6.53. The number of nitrogens with one attached hydrogen (secondary N) is 2. The third-order valence-corrected chi connectivity index (χ3v) is 4.93. The van der Waals surface area contributed by atoms with Crippen LogP contribution in [0.4, 0.5) is 0 Å². The van der Waals surface area contributed by atoms with Gasteiger partial charge in [-0.05, 0) is 24.5 Å². The first-order valence-corrected chi connectivity index (χ1v) is 8.74. The Morgan fingerprint density at radius 2 is 1.96 bits per heavy atom. The number of carbonyl (C=O) groups is 1. The van der Waals surface area contributed by atoms with Crippen molar-refractivity contribution in [3.63, 3.8) is 0 Å². The van der Waals surface area contributed by atoms with Crippen molar-refractivity contribution in [3.8, 4) is 5.75 Å². The van der Waals surface area contributed by atoms with Crippen LogP contribution in [0.3, 0.4) is 0 Å². The Balaban J connectivity index is 1.86. The maximum Gasteiger partial charge on any atom is 0.220 e. The number of carbonyl (C=O) groups excluding carboxylic acids is 1. The summed E-state index contributed by atoms with van der Waals surface area (Å²) >= 11 is 0. The number of piperidine rings is 1. The zero-order chi connectivity index (χ0) is 18.4. The SMILES string of the molecule is COc1ccccc1/C=C/C[C@]1(NO)CCC(=O)N[C@H]1c1ccccc1. The zero-order valence-corrected chi connectivity index (χ0v) is 14.8. The number of methoxy groups -OCH3 is 1. The van der Waals surface area contributed by atoms with Crippen molar-refractivity contribution in [1.29, 1.82) is 0 Å². The lowest BCUT2D eigenvalue weighted by molar-refractivity contribution is -0.127. The molecule has 3 N–H and O–H groups in total. The van der Waals surface area contributed by atoms with Crippen LogP contribution in [0.25, 0.3) is 6.08 Å². The second-order valence-corrected chi connectivity index (χ2v) is 6.53. The van der Waals surface area contributed by atoms with Crippen LogP contribution < -0.4 is 15.5 Å². The molecule has 0 radical (unpaired) electrons. The first-order valence-electron chi connectivity index (χ1n) is 8.74. The van der Waals surface area contributed by atoms with E-state index in [-0.39, 0.29) is 11.9 Å². The van der Waals surface area contributed by atoms with E-state index in [1.54, 1.807) is 7.11 Å². The Bertz CT molecular complexity index is 776. The summed E-state index contributed by atoms with van der Waals surface area (Å²) in [7, 11) is 1.64. The minimum Gasteiger partial charge on any atom is -0.496 e. The molecule has 0 saturated carbocycles. The highest BCUT2D eigenvalue weighted by Crippen LogP contribution is 2.36. The first kappa shape index (κ1) is 18.2. The molecule has 5 heteroatoms. The summed E-state index contributed by atoms with van der Waals surface area (Å²) in [6, 6.07) is 17.2. The molecule has 2 aromatic carbocycles. The molecule has 2 aromatic rings. The number of para-hydroxylation sites is 1. The average molecular weight is 352 g/mol. The summed E-state index contributed by atoms with van der Waals surface area (Å²) in [6.07, 6.45) is 5.47. The molecule has 0 bridgehead atoms. The monoisotopic (exact) mass is 352 g/mol. The van der Waals surface area contributed by atoms with E-state index in [1.165, 1.54) is 0 Å². The first-order chi connectivity index (χ1) is 12.7. The predicted molar refractivity (Wildman–Crippen MR) is 101 cm³/mol. The number of hydrogen-bond acceptors (Lipinski definition) is 4. The van der Waals surface area contributed by atoms with Gasteiger partial charge in [-0.25, -0.2) is 0 Å². The van der Waals surface area contributed by atoms with Gasteiger partial charge in [0.15, 0.2) is 0 Å². The Morgan fingerprint density at radius 3 is 2.69 bits per heavy atom. The molecular weight excluding hydrogens is 328 g/mol. The van der Waals surface area contributed by atoms with E-state index < -0.39 is 5.54 Å². The van der Waals surface area contributed by atoms with Gasteiger partial charge in [-0.15, -0.1) is 0 Å². The summed E-state index contributed by atoms with van der Waals surface area (Å²) < 4.78 is 5.37. The van der Waals surface area contributed by atoms with Gasteiger partial charge in [-0.2, -0.15) is 5.48 Å². The molecule has 0 aliphatic carbocycles. The molecule has 1 fully saturated rings. The largest absolute Gasteiger partial charge is 0.496 e. The molecule has 1 aliphatic heterocycles. The van der Waals surface area contributed by atoms with Crippen LogP contribution in [0, 0.1) is 0 Å². The van der Waals surface area contributed by atoms with Gasteiger partial charge in [0, 0.05) is 12.0 Å². The van der Waals surface area contributed by atoms with Crippen molar-refractivity contribution < 1.29 is 14.7 Å². The van der Waals surface area contributed by atoms with Crippen LogP contribution in [-0.4, -0.2) is 23.8 Å². The Morgan fingerprint density at radius 1 is 1.23 bits per heavy atom. The lowest BCUT2D eigenvalue weighted by atomic mass is 9.76. The highest BCUT2D eigenvalue weighted by Gasteiger charge is 2.43. The van der Waals surface area contributed by atoms with E-state index in [1.807, 2.05) is 66.7 Å². The van der Waals surface area contributed by atoms with Crippen LogP contribution >= 0.6 is 0 Å². The van der Waals surface area contributed by atoms with Gasteiger partial charge in [0.1, 0.15) is 5.75 Å². The molecule has 136 valence electrons. The van der Waals surface area contributed by atoms with E-state index in [9.17, 15) is 10.0 Å². The Kier molecular flexibility index (Phi) is 5.71. The Labute approximate surface area is 153 Å². The molecule has 0 spiro atoms. The number of rotatable bonds is 6. The van der Waals surface area contributed by atoms with Gasteiger partial charge in [0.05, 0.1) is 18.7 Å². The Hall–Kier alpha value is -2.63. The van der Waals surface area contributed by atoms with Gasteiger partial charge in [0.2, 0.25) is 5.91 Å². The summed E-state index contributed by atoms with van der Waals surface area (Å²) in [5.74, 6) is 0.796. The van der Waals surface area contributed by atoms with E-state index >= 15 is 0 Å². The van der Waals surface area contributed by atoms with Crippen molar-refractivity contribution in [2.75, 3.05) is 7.11 Å². The molecule has 5 nitrogen and oxygen atoms in total. The molecule has 1 amide bonds. The lowest BCUT2D eigenvalue weighted by Gasteiger charge is -2.43. The second kappa shape index (κ2) is 8.17. The van der Waals surface area contributed by atoms with Crippen LogP contribution in [0.2, 0.25) is 0 Å². The molecule has 3 rings (SSSR count). The fourth-order valence-corrected chi connectivity index (χ4v) is 3.49. The number of hydrogen-bond donors (Lipinski definition) is 3. The lowest BCUT2D eigenvalue weighted by Crippen LogP contribution is -2.58. The molecule has 0 aromatic heterocycles. The maximum atomic E-state index is 12.0. The topological polar surface area (TPSA) is 70.6 Å². The summed E-state index contributed by atoms with van der Waals surface area (Å²) in [6.45, 7) is 0. The predicted octanol–water partition coefficient (Wildman–Crippen LogP) is 3.47. The third kappa shape index (κ3) is 3.79. The zero-order valence-electron chi connectivity index (χ0n) is 14.8. The molecule has 26 heavy (non-hydrogen) atoms. The molecular formula is C21H24N2O3. The highest BCUT2D eigenvalue weighted by molar-refractivity contribution is 5.78. The fourth-order valence-electron chi connectivity index (χ4n) is 3.49. The van der Waals surface area contributed by atoms with E-state index in [0.717, 1.165) is 16.9 Å². The normalized spacial score (nSPS) is 23.0. The van der Waals surface area contributed by atoms with Gasteiger partial charge < -0.3 is 15.3 Å². The van der Waals surface area contributed by atoms with Gasteiger partial charge in [-0.1, -0.05) is 60.7 Å². The molecule has 0 unspecified atom stereocenters.